The normalized spacial score (nSPS) is 23.3. The molecule has 5 aromatic carbocycles. The van der Waals surface area contributed by atoms with Gasteiger partial charge in [0.15, 0.2) is 0 Å². The summed E-state index contributed by atoms with van der Waals surface area (Å²) in [6, 6.07) is 42.1. The van der Waals surface area contributed by atoms with E-state index in [2.05, 4.69) is 109 Å². The molecule has 0 nitrogen and oxygen atoms in total. The Bertz CT molecular complexity index is 1630. The van der Waals surface area contributed by atoms with Crippen molar-refractivity contribution in [1.82, 2.24) is 0 Å². The van der Waals surface area contributed by atoms with Crippen molar-refractivity contribution in [2.75, 3.05) is 0 Å². The standard InChI is InChI=1S/C36H26/c1-5-13-29-23(9-1)17-19-35(29)31-15-7-3-11-25(31)27-21-28-26-12-4-8-16-32(26)36(34(28)22-33(27)35)20-18-24-10-2-6-14-30(24)36/h1-16,21-22H,17-20H2. The van der Waals surface area contributed by atoms with Crippen molar-refractivity contribution in [3.63, 3.8) is 0 Å². The van der Waals surface area contributed by atoms with E-state index >= 15 is 0 Å². The minimum absolute atomic E-state index is 0.0361. The number of hydrogen-bond donors (Lipinski definition) is 0. The first-order chi connectivity index (χ1) is 17.8. The fourth-order valence-electron chi connectivity index (χ4n) is 8.56. The molecule has 4 aliphatic carbocycles. The first-order valence-corrected chi connectivity index (χ1v) is 13.4. The molecule has 0 fully saturated rings. The van der Waals surface area contributed by atoms with E-state index in [9.17, 15) is 0 Å². The summed E-state index contributed by atoms with van der Waals surface area (Å²) in [5.74, 6) is 0. The molecule has 36 heavy (non-hydrogen) atoms. The predicted octanol–water partition coefficient (Wildman–Crippen LogP) is 8.21. The van der Waals surface area contributed by atoms with E-state index in [1.807, 2.05) is 0 Å². The zero-order chi connectivity index (χ0) is 23.5. The Morgan fingerprint density at radius 1 is 0.361 bits per heavy atom. The van der Waals surface area contributed by atoms with Gasteiger partial charge in [0.2, 0.25) is 0 Å². The highest BCUT2D eigenvalue weighted by Crippen LogP contribution is 2.64. The monoisotopic (exact) mass is 458 g/mol. The minimum atomic E-state index is -0.0361. The van der Waals surface area contributed by atoms with E-state index in [1.54, 1.807) is 0 Å². The molecular formula is C36H26. The van der Waals surface area contributed by atoms with Crippen LogP contribution < -0.4 is 0 Å². The van der Waals surface area contributed by atoms with Gasteiger partial charge < -0.3 is 0 Å². The van der Waals surface area contributed by atoms with Crippen LogP contribution in [0.15, 0.2) is 109 Å². The average molecular weight is 459 g/mol. The number of fused-ring (bicyclic) bond motifs is 14. The molecule has 0 heteroatoms. The van der Waals surface area contributed by atoms with Crippen molar-refractivity contribution in [3.05, 3.63) is 154 Å². The van der Waals surface area contributed by atoms with Crippen LogP contribution in [-0.2, 0) is 23.7 Å². The summed E-state index contributed by atoms with van der Waals surface area (Å²) in [4.78, 5) is 0. The summed E-state index contributed by atoms with van der Waals surface area (Å²) in [5.41, 5.74) is 17.8. The van der Waals surface area contributed by atoms with E-state index in [0.717, 1.165) is 25.7 Å². The van der Waals surface area contributed by atoms with Gasteiger partial charge in [-0.05, 0) is 98.5 Å². The Kier molecular flexibility index (Phi) is 3.46. The zero-order valence-electron chi connectivity index (χ0n) is 20.2. The Hall–Kier alpha value is -3.90. The Morgan fingerprint density at radius 2 is 0.778 bits per heavy atom. The first kappa shape index (κ1) is 19.3. The third-order valence-electron chi connectivity index (χ3n) is 9.92. The second kappa shape index (κ2) is 6.45. The molecule has 9 rings (SSSR count). The molecule has 0 aliphatic heterocycles. The minimum Gasteiger partial charge on any atom is -0.0620 e. The van der Waals surface area contributed by atoms with Gasteiger partial charge in [-0.15, -0.1) is 0 Å². The van der Waals surface area contributed by atoms with Gasteiger partial charge in [0.05, 0.1) is 0 Å². The van der Waals surface area contributed by atoms with Gasteiger partial charge in [-0.2, -0.15) is 0 Å². The van der Waals surface area contributed by atoms with Gasteiger partial charge in [0, 0.05) is 10.8 Å². The van der Waals surface area contributed by atoms with E-state index in [4.69, 9.17) is 0 Å². The van der Waals surface area contributed by atoms with Crippen LogP contribution in [0.25, 0.3) is 22.3 Å². The molecule has 170 valence electrons. The maximum atomic E-state index is 2.66. The third-order valence-corrected chi connectivity index (χ3v) is 9.92. The van der Waals surface area contributed by atoms with Gasteiger partial charge in [-0.25, -0.2) is 0 Å². The van der Waals surface area contributed by atoms with Crippen LogP contribution in [0.3, 0.4) is 0 Å². The zero-order valence-corrected chi connectivity index (χ0v) is 20.2. The van der Waals surface area contributed by atoms with Crippen molar-refractivity contribution >= 4 is 0 Å². The highest BCUT2D eigenvalue weighted by molar-refractivity contribution is 5.93. The largest absolute Gasteiger partial charge is 0.0620 e. The van der Waals surface area contributed by atoms with Crippen molar-refractivity contribution in [1.29, 1.82) is 0 Å². The molecule has 5 aromatic rings. The molecular weight excluding hydrogens is 432 g/mol. The van der Waals surface area contributed by atoms with Crippen LogP contribution in [0.5, 0.6) is 0 Å². The van der Waals surface area contributed by atoms with Crippen molar-refractivity contribution in [3.8, 4) is 22.3 Å². The topological polar surface area (TPSA) is 0 Å². The van der Waals surface area contributed by atoms with Crippen molar-refractivity contribution < 1.29 is 0 Å². The number of rotatable bonds is 0. The lowest BCUT2D eigenvalue weighted by Crippen LogP contribution is -2.26. The fraction of sp³-hybridized carbons (Fsp3) is 0.167. The molecule has 0 heterocycles. The average Bonchev–Trinajstić information content (AvgIpc) is 3.67. The van der Waals surface area contributed by atoms with E-state index in [-0.39, 0.29) is 10.8 Å². The summed E-state index contributed by atoms with van der Waals surface area (Å²) in [6.07, 6.45) is 4.61. The maximum Gasteiger partial charge on any atom is 0.0469 e. The lowest BCUT2D eigenvalue weighted by molar-refractivity contribution is 0.608. The van der Waals surface area contributed by atoms with Crippen LogP contribution in [-0.4, -0.2) is 0 Å². The first-order valence-electron chi connectivity index (χ1n) is 13.4. The van der Waals surface area contributed by atoms with E-state index in [0.29, 0.717) is 0 Å². The van der Waals surface area contributed by atoms with Crippen molar-refractivity contribution in [2.45, 2.75) is 36.5 Å². The van der Waals surface area contributed by atoms with Crippen LogP contribution in [0.2, 0.25) is 0 Å². The quantitative estimate of drug-likeness (QED) is 0.219. The van der Waals surface area contributed by atoms with Gasteiger partial charge in [0.25, 0.3) is 0 Å². The molecule has 0 aromatic heterocycles. The number of benzene rings is 5. The fourth-order valence-corrected chi connectivity index (χ4v) is 8.56. The van der Waals surface area contributed by atoms with E-state index < -0.39 is 0 Å². The van der Waals surface area contributed by atoms with Crippen molar-refractivity contribution in [2.24, 2.45) is 0 Å². The molecule has 0 amide bonds. The molecule has 2 spiro atoms. The molecule has 0 radical (unpaired) electrons. The van der Waals surface area contributed by atoms with Gasteiger partial charge in [0.1, 0.15) is 0 Å². The number of aryl methyl sites for hydroxylation is 2. The molecule has 0 bridgehead atoms. The van der Waals surface area contributed by atoms with E-state index in [1.165, 1.54) is 66.8 Å². The van der Waals surface area contributed by atoms with Crippen LogP contribution in [0.4, 0.5) is 0 Å². The second-order valence-electron chi connectivity index (χ2n) is 11.2. The summed E-state index contributed by atoms with van der Waals surface area (Å²) >= 11 is 0. The van der Waals surface area contributed by atoms with Crippen LogP contribution in [0.1, 0.15) is 57.3 Å². The molecule has 0 saturated carbocycles. The smallest absolute Gasteiger partial charge is 0.0469 e. The second-order valence-corrected chi connectivity index (χ2v) is 11.2. The lowest BCUT2D eigenvalue weighted by atomic mass is 9.70. The summed E-state index contributed by atoms with van der Waals surface area (Å²) in [5, 5.41) is 0. The molecule has 4 aliphatic rings. The molecule has 2 unspecified atom stereocenters. The summed E-state index contributed by atoms with van der Waals surface area (Å²) in [6.45, 7) is 0. The lowest BCUT2D eigenvalue weighted by Gasteiger charge is -2.32. The summed E-state index contributed by atoms with van der Waals surface area (Å²) < 4.78 is 0. The Labute approximate surface area is 212 Å². The van der Waals surface area contributed by atoms with Crippen LogP contribution >= 0.6 is 0 Å². The van der Waals surface area contributed by atoms with Gasteiger partial charge >= 0.3 is 0 Å². The number of hydrogen-bond acceptors (Lipinski definition) is 0. The van der Waals surface area contributed by atoms with Gasteiger partial charge in [-0.3, -0.25) is 0 Å². The predicted molar refractivity (Wildman–Crippen MR) is 147 cm³/mol. The molecule has 0 N–H and O–H groups in total. The third kappa shape index (κ3) is 2.03. The maximum absolute atomic E-state index is 2.66. The highest BCUT2D eigenvalue weighted by Gasteiger charge is 2.52. The SMILES string of the molecule is c1ccc2c(c1)CCC21c2ccccc2-c2cc3c(cc21)C1(CCc2ccccc21)c1ccccc1-3. The highest BCUT2D eigenvalue weighted by atomic mass is 14.5. The van der Waals surface area contributed by atoms with Gasteiger partial charge in [-0.1, -0.05) is 103 Å². The Morgan fingerprint density at radius 3 is 1.28 bits per heavy atom. The molecule has 0 saturated heterocycles. The summed E-state index contributed by atoms with van der Waals surface area (Å²) in [7, 11) is 0. The molecule has 2 atom stereocenters. The Balaban J connectivity index is 1.42. The van der Waals surface area contributed by atoms with Crippen LogP contribution in [0, 0.1) is 0 Å².